The maximum Gasteiger partial charge on any atom is 0.201 e. The first kappa shape index (κ1) is 25.1. The Morgan fingerprint density at radius 2 is 1.49 bits per heavy atom. The van der Waals surface area contributed by atoms with E-state index in [2.05, 4.69) is 19.1 Å². The summed E-state index contributed by atoms with van der Waals surface area (Å²) in [6, 6.07) is 15.4. The molecule has 0 aliphatic heterocycles. The zero-order valence-electron chi connectivity index (χ0n) is 20.5. The Hall–Kier alpha value is -3.01. The minimum atomic E-state index is -0.982. The maximum atomic E-state index is 15.1. The fraction of sp³-hybridized carbons (Fsp3) is 0.355. The molecule has 0 saturated heterocycles. The molecule has 0 N–H and O–H groups in total. The Balaban J connectivity index is 1.49. The van der Waals surface area contributed by atoms with Crippen LogP contribution < -0.4 is 4.74 Å². The van der Waals surface area contributed by atoms with Crippen molar-refractivity contribution in [2.24, 2.45) is 5.92 Å². The zero-order chi connectivity index (χ0) is 24.8. The van der Waals surface area contributed by atoms with Crippen molar-refractivity contribution in [3.8, 4) is 28.0 Å². The molecule has 1 aliphatic rings. The molecular weight excluding hydrogens is 445 g/mol. The molecule has 0 unspecified atom stereocenters. The lowest BCUT2D eigenvalue weighted by molar-refractivity contribution is 0.289. The van der Waals surface area contributed by atoms with Crippen LogP contribution in [0.1, 0.15) is 63.9 Å². The van der Waals surface area contributed by atoms with Gasteiger partial charge in [-0.05, 0) is 85.8 Å². The van der Waals surface area contributed by atoms with Crippen molar-refractivity contribution in [1.29, 1.82) is 0 Å². The van der Waals surface area contributed by atoms with E-state index in [1.807, 2.05) is 19.1 Å². The maximum absolute atomic E-state index is 15.1. The van der Waals surface area contributed by atoms with Crippen molar-refractivity contribution in [2.45, 2.75) is 58.3 Å². The molecule has 4 heteroatoms. The van der Waals surface area contributed by atoms with Gasteiger partial charge in [-0.15, -0.1) is 0 Å². The molecule has 1 saturated carbocycles. The van der Waals surface area contributed by atoms with Gasteiger partial charge in [0.25, 0.3) is 0 Å². The van der Waals surface area contributed by atoms with Crippen molar-refractivity contribution < 1.29 is 17.9 Å². The van der Waals surface area contributed by atoms with Crippen LogP contribution in [-0.2, 0) is 0 Å². The molecule has 1 aliphatic carbocycles. The number of hydrogen-bond donors (Lipinski definition) is 0. The average molecular weight is 479 g/mol. The fourth-order valence-electron chi connectivity index (χ4n) is 4.96. The van der Waals surface area contributed by atoms with E-state index >= 15 is 4.39 Å². The van der Waals surface area contributed by atoms with E-state index in [0.29, 0.717) is 35.1 Å². The minimum Gasteiger partial charge on any atom is -0.490 e. The third-order valence-corrected chi connectivity index (χ3v) is 7.01. The summed E-state index contributed by atoms with van der Waals surface area (Å²) >= 11 is 0. The van der Waals surface area contributed by atoms with Crippen LogP contribution in [0.15, 0.2) is 66.7 Å². The highest BCUT2D eigenvalue weighted by Gasteiger charge is 2.22. The Morgan fingerprint density at radius 3 is 2.11 bits per heavy atom. The van der Waals surface area contributed by atoms with Crippen LogP contribution in [0, 0.1) is 23.4 Å². The number of unbranched alkanes of at least 4 members (excludes halogenated alkanes) is 1. The molecule has 35 heavy (non-hydrogen) atoms. The van der Waals surface area contributed by atoms with Gasteiger partial charge in [-0.1, -0.05) is 61.9 Å². The van der Waals surface area contributed by atoms with Gasteiger partial charge in [0, 0.05) is 11.1 Å². The third-order valence-electron chi connectivity index (χ3n) is 7.01. The first-order valence-corrected chi connectivity index (χ1v) is 12.7. The molecule has 1 nitrogen and oxygen atoms in total. The Kier molecular flexibility index (Phi) is 8.33. The molecule has 0 bridgehead atoms. The van der Waals surface area contributed by atoms with Gasteiger partial charge in [-0.25, -0.2) is 8.78 Å². The highest BCUT2D eigenvalue weighted by molar-refractivity contribution is 5.71. The topological polar surface area (TPSA) is 9.23 Å². The summed E-state index contributed by atoms with van der Waals surface area (Å²) in [5.74, 6) is -1.21. The zero-order valence-corrected chi connectivity index (χ0v) is 20.5. The highest BCUT2D eigenvalue weighted by atomic mass is 19.2. The summed E-state index contributed by atoms with van der Waals surface area (Å²) in [5, 5.41) is 0. The van der Waals surface area contributed by atoms with Gasteiger partial charge in [-0.2, -0.15) is 4.39 Å². The molecule has 3 aromatic carbocycles. The normalized spacial score (nSPS) is 18.2. The molecule has 0 atom stereocenters. The predicted octanol–water partition coefficient (Wildman–Crippen LogP) is 9.47. The molecule has 0 amide bonds. The van der Waals surface area contributed by atoms with Crippen LogP contribution in [0.5, 0.6) is 5.75 Å². The van der Waals surface area contributed by atoms with Crippen LogP contribution in [-0.4, -0.2) is 6.61 Å². The van der Waals surface area contributed by atoms with Crippen molar-refractivity contribution in [3.63, 3.8) is 0 Å². The van der Waals surface area contributed by atoms with Crippen LogP contribution in [0.2, 0.25) is 0 Å². The number of benzene rings is 3. The lowest BCUT2D eigenvalue weighted by Gasteiger charge is -2.27. The van der Waals surface area contributed by atoms with E-state index in [0.717, 1.165) is 44.1 Å². The van der Waals surface area contributed by atoms with E-state index < -0.39 is 11.6 Å². The van der Waals surface area contributed by atoms with Gasteiger partial charge < -0.3 is 4.74 Å². The molecule has 3 aromatic rings. The Morgan fingerprint density at radius 1 is 0.829 bits per heavy atom. The number of hydrogen-bond acceptors (Lipinski definition) is 1. The minimum absolute atomic E-state index is 0.0752. The molecule has 1 fully saturated rings. The Bertz CT molecular complexity index is 1160. The Labute approximate surface area is 206 Å². The molecule has 0 spiro atoms. The van der Waals surface area contributed by atoms with E-state index in [9.17, 15) is 8.78 Å². The van der Waals surface area contributed by atoms with E-state index in [1.54, 1.807) is 30.3 Å². The van der Waals surface area contributed by atoms with Gasteiger partial charge in [0.1, 0.15) is 5.82 Å². The molecule has 0 aromatic heterocycles. The van der Waals surface area contributed by atoms with Gasteiger partial charge in [-0.3, -0.25) is 0 Å². The first-order valence-electron chi connectivity index (χ1n) is 12.7. The molecule has 0 radical (unpaired) electrons. The van der Waals surface area contributed by atoms with E-state index in [1.165, 1.54) is 12.1 Å². The van der Waals surface area contributed by atoms with Crippen molar-refractivity contribution in [1.82, 2.24) is 0 Å². The standard InChI is InChI=1S/C31H33F3O/c1-3-5-19-35-29-18-17-27(30(33)31(29)34)24-13-11-23(12-14-24)26-16-15-25(20-28(26)32)22-9-7-21(6-4-2)8-10-22/h4,6,11-18,20-22H,3,5,7-10,19H2,1-2H3/b6-4+. The van der Waals surface area contributed by atoms with E-state index in [4.69, 9.17) is 4.74 Å². The monoisotopic (exact) mass is 478 g/mol. The quantitative estimate of drug-likeness (QED) is 0.231. The predicted molar refractivity (Wildman–Crippen MR) is 137 cm³/mol. The van der Waals surface area contributed by atoms with Crippen molar-refractivity contribution >= 4 is 0 Å². The van der Waals surface area contributed by atoms with Gasteiger partial charge in [0.2, 0.25) is 5.82 Å². The van der Waals surface area contributed by atoms with E-state index in [-0.39, 0.29) is 17.1 Å². The number of ether oxygens (including phenoxy) is 1. The van der Waals surface area contributed by atoms with Gasteiger partial charge in [0.15, 0.2) is 11.6 Å². The SMILES string of the molecule is C/C=C/C1CCC(c2ccc(-c3ccc(-c4ccc(OCCCC)c(F)c4F)cc3)c(F)c2)CC1. The van der Waals surface area contributed by atoms with Crippen molar-refractivity contribution in [2.75, 3.05) is 6.61 Å². The van der Waals surface area contributed by atoms with Crippen LogP contribution >= 0.6 is 0 Å². The van der Waals surface area contributed by atoms with Crippen LogP contribution in [0.25, 0.3) is 22.3 Å². The summed E-state index contributed by atoms with van der Waals surface area (Å²) in [5.41, 5.74) is 2.95. The van der Waals surface area contributed by atoms with Gasteiger partial charge in [0.05, 0.1) is 6.61 Å². The molecule has 0 heterocycles. The summed E-state index contributed by atoms with van der Waals surface area (Å²) in [4.78, 5) is 0. The lowest BCUT2D eigenvalue weighted by atomic mass is 9.78. The number of allylic oxidation sites excluding steroid dienone is 2. The molecule has 4 rings (SSSR count). The average Bonchev–Trinajstić information content (AvgIpc) is 2.88. The summed E-state index contributed by atoms with van der Waals surface area (Å²) in [7, 11) is 0. The second-order valence-corrected chi connectivity index (χ2v) is 9.40. The second kappa shape index (κ2) is 11.6. The molecule has 184 valence electrons. The molecular formula is C31H33F3O. The van der Waals surface area contributed by atoms with Crippen LogP contribution in [0.4, 0.5) is 13.2 Å². The largest absolute Gasteiger partial charge is 0.490 e. The first-order chi connectivity index (χ1) is 17.0. The summed E-state index contributed by atoms with van der Waals surface area (Å²) < 4.78 is 49.6. The summed E-state index contributed by atoms with van der Waals surface area (Å²) in [6.45, 7) is 4.41. The van der Waals surface area contributed by atoms with Crippen LogP contribution in [0.3, 0.4) is 0 Å². The third kappa shape index (κ3) is 5.80. The number of rotatable bonds is 8. The number of halogens is 3. The lowest BCUT2D eigenvalue weighted by Crippen LogP contribution is -2.12. The second-order valence-electron chi connectivity index (χ2n) is 9.40. The fourth-order valence-corrected chi connectivity index (χ4v) is 4.96. The summed E-state index contributed by atoms with van der Waals surface area (Å²) in [6.07, 6.45) is 10.5. The van der Waals surface area contributed by atoms with Crippen molar-refractivity contribution in [3.05, 3.63) is 89.8 Å². The smallest absolute Gasteiger partial charge is 0.201 e. The van der Waals surface area contributed by atoms with Gasteiger partial charge >= 0.3 is 0 Å². The highest BCUT2D eigenvalue weighted by Crippen LogP contribution is 2.38.